The van der Waals surface area contributed by atoms with Gasteiger partial charge in [-0.1, -0.05) is 6.07 Å². The number of hydrogen-bond donors (Lipinski definition) is 2. The van der Waals surface area contributed by atoms with Gasteiger partial charge >= 0.3 is 5.97 Å². The monoisotopic (exact) mass is 397 g/mol. The molecular weight excluding hydrogens is 380 g/mol. The fourth-order valence-corrected chi connectivity index (χ4v) is 2.91. The Morgan fingerprint density at radius 2 is 1.69 bits per heavy atom. The van der Waals surface area contributed by atoms with Crippen LogP contribution in [-0.2, 0) is 0 Å². The van der Waals surface area contributed by atoms with Crippen molar-refractivity contribution >= 4 is 18.1 Å². The molecule has 0 bridgehead atoms. The number of rotatable bonds is 5. The van der Waals surface area contributed by atoms with Crippen LogP contribution in [-0.4, -0.2) is 27.8 Å². The number of nitrogens with one attached hydrogen (secondary N) is 1. The van der Waals surface area contributed by atoms with Crippen molar-refractivity contribution in [2.75, 3.05) is 0 Å². The zero-order valence-corrected chi connectivity index (χ0v) is 15.6. The highest BCUT2D eigenvalue weighted by Crippen LogP contribution is 2.22. The third kappa shape index (κ3) is 4.21. The van der Waals surface area contributed by atoms with Gasteiger partial charge in [0.25, 0.3) is 5.91 Å². The van der Waals surface area contributed by atoms with Crippen LogP contribution in [0.5, 0.6) is 0 Å². The fraction of sp³-hybridized carbons (Fsp3) is 0.0952. The van der Waals surface area contributed by atoms with Gasteiger partial charge in [0, 0.05) is 17.0 Å². The number of aromatic carboxylic acids is 1. The van der Waals surface area contributed by atoms with Crippen LogP contribution in [0.2, 0.25) is 0 Å². The van der Waals surface area contributed by atoms with Crippen molar-refractivity contribution in [3.63, 3.8) is 0 Å². The Morgan fingerprint density at radius 3 is 2.31 bits per heavy atom. The number of benzene rings is 2. The maximum absolute atomic E-state index is 13.2. The smallest absolute Gasteiger partial charge is 0.337 e. The van der Waals surface area contributed by atoms with Crippen molar-refractivity contribution in [1.82, 2.24) is 9.99 Å². The molecule has 8 heteroatoms. The molecule has 3 aromatic rings. The molecule has 0 aliphatic heterocycles. The van der Waals surface area contributed by atoms with E-state index >= 15 is 0 Å². The summed E-state index contributed by atoms with van der Waals surface area (Å²) in [4.78, 5) is 24.0. The van der Waals surface area contributed by atoms with Crippen molar-refractivity contribution in [1.29, 1.82) is 0 Å². The average molecular weight is 397 g/mol. The Morgan fingerprint density at radius 1 is 1.00 bits per heavy atom. The lowest BCUT2D eigenvalue weighted by atomic mass is 10.1. The minimum Gasteiger partial charge on any atom is -0.478 e. The van der Waals surface area contributed by atoms with E-state index in [-0.39, 0.29) is 16.7 Å². The number of aryl methyl sites for hydroxylation is 2. The summed E-state index contributed by atoms with van der Waals surface area (Å²) in [6, 6.07) is 11.1. The van der Waals surface area contributed by atoms with Crippen molar-refractivity contribution in [2.45, 2.75) is 13.8 Å². The third-order valence-electron chi connectivity index (χ3n) is 4.33. The van der Waals surface area contributed by atoms with Crippen molar-refractivity contribution in [3.8, 4) is 5.69 Å². The Balaban J connectivity index is 1.87. The van der Waals surface area contributed by atoms with Crippen molar-refractivity contribution in [3.05, 3.63) is 88.2 Å². The van der Waals surface area contributed by atoms with Crippen molar-refractivity contribution < 1.29 is 23.5 Å². The summed E-state index contributed by atoms with van der Waals surface area (Å²) in [6.45, 7) is 3.66. The lowest BCUT2D eigenvalue weighted by Crippen LogP contribution is -2.19. The molecule has 0 unspecified atom stereocenters. The van der Waals surface area contributed by atoms with Crippen LogP contribution >= 0.6 is 0 Å². The zero-order valence-electron chi connectivity index (χ0n) is 15.6. The second kappa shape index (κ2) is 8.05. The molecule has 0 fully saturated rings. The van der Waals surface area contributed by atoms with E-state index in [0.717, 1.165) is 23.5 Å². The molecule has 0 saturated carbocycles. The first-order valence-corrected chi connectivity index (χ1v) is 8.59. The number of carbonyl (C=O) groups is 2. The number of hydrogen-bond acceptors (Lipinski definition) is 3. The van der Waals surface area contributed by atoms with E-state index in [1.54, 1.807) is 4.57 Å². The van der Waals surface area contributed by atoms with Gasteiger partial charge in [-0.15, -0.1) is 0 Å². The second-order valence-electron chi connectivity index (χ2n) is 6.36. The molecule has 0 radical (unpaired) electrons. The molecular formula is C21H17F2N3O3. The SMILES string of the molecule is Cc1ccc(C)n1-c1cc(C(=O)N/N=C/c2ccc(F)c(F)c2)ccc1C(=O)O. The molecule has 2 N–H and O–H groups in total. The van der Waals surface area contributed by atoms with Gasteiger partial charge in [0.05, 0.1) is 17.5 Å². The summed E-state index contributed by atoms with van der Waals surface area (Å²) in [5.41, 5.74) is 4.80. The number of amides is 1. The second-order valence-corrected chi connectivity index (χ2v) is 6.36. The molecule has 0 atom stereocenters. The van der Waals surface area contributed by atoms with Gasteiger partial charge in [0.2, 0.25) is 0 Å². The van der Waals surface area contributed by atoms with Crippen LogP contribution in [0.1, 0.15) is 37.7 Å². The topological polar surface area (TPSA) is 83.7 Å². The van der Waals surface area contributed by atoms with Crippen LogP contribution < -0.4 is 5.43 Å². The Kier molecular flexibility index (Phi) is 5.54. The van der Waals surface area contributed by atoms with Crippen molar-refractivity contribution in [2.24, 2.45) is 5.10 Å². The molecule has 29 heavy (non-hydrogen) atoms. The van der Waals surface area contributed by atoms with Gasteiger partial charge < -0.3 is 9.67 Å². The minimum atomic E-state index is -1.11. The van der Waals surface area contributed by atoms with Crippen LogP contribution in [0.15, 0.2) is 53.6 Å². The molecule has 2 aromatic carbocycles. The standard InChI is InChI=1S/C21H17F2N3O3/c1-12-3-4-13(2)26(12)19-10-15(6-7-16(19)21(28)29)20(27)25-24-11-14-5-8-17(22)18(23)9-14/h3-11H,1-2H3,(H,25,27)(H,28,29)/b24-11+. The Labute approximate surface area is 165 Å². The molecule has 3 rings (SSSR count). The number of hydrazone groups is 1. The molecule has 1 heterocycles. The molecule has 1 amide bonds. The Bertz CT molecular complexity index is 1120. The first-order chi connectivity index (χ1) is 13.8. The zero-order chi connectivity index (χ0) is 21.1. The highest BCUT2D eigenvalue weighted by atomic mass is 19.2. The highest BCUT2D eigenvalue weighted by molar-refractivity contribution is 5.98. The van der Waals surface area contributed by atoms with E-state index in [2.05, 4.69) is 10.5 Å². The molecule has 0 aliphatic rings. The third-order valence-corrected chi connectivity index (χ3v) is 4.33. The van der Waals surface area contributed by atoms with Gasteiger partial charge in [-0.25, -0.2) is 19.0 Å². The lowest BCUT2D eigenvalue weighted by Gasteiger charge is -2.14. The maximum atomic E-state index is 13.2. The lowest BCUT2D eigenvalue weighted by molar-refractivity contribution is 0.0696. The number of carboxylic acid groups (broad SMARTS) is 1. The maximum Gasteiger partial charge on any atom is 0.337 e. The first kappa shape index (κ1) is 19.9. The van der Waals surface area contributed by atoms with E-state index in [0.29, 0.717) is 5.69 Å². The largest absolute Gasteiger partial charge is 0.478 e. The number of nitrogens with zero attached hydrogens (tertiary/aromatic N) is 2. The average Bonchev–Trinajstić information content (AvgIpc) is 3.02. The molecule has 0 spiro atoms. The van der Waals surface area contributed by atoms with Gasteiger partial charge in [-0.2, -0.15) is 5.10 Å². The summed E-state index contributed by atoms with van der Waals surface area (Å²) >= 11 is 0. The fourth-order valence-electron chi connectivity index (χ4n) is 2.91. The van der Waals surface area contributed by atoms with Gasteiger partial charge in [0.15, 0.2) is 11.6 Å². The van der Waals surface area contributed by atoms with Gasteiger partial charge in [-0.3, -0.25) is 4.79 Å². The summed E-state index contributed by atoms with van der Waals surface area (Å²) in [7, 11) is 0. The van der Waals surface area contributed by atoms with Gasteiger partial charge in [-0.05, 0) is 61.9 Å². The summed E-state index contributed by atoms with van der Waals surface area (Å²) in [5.74, 6) is -3.69. The van der Waals surface area contributed by atoms with E-state index in [1.807, 2.05) is 26.0 Å². The van der Waals surface area contributed by atoms with Crippen LogP contribution in [0.3, 0.4) is 0 Å². The quantitative estimate of drug-likeness (QED) is 0.507. The highest BCUT2D eigenvalue weighted by Gasteiger charge is 2.17. The number of carbonyl (C=O) groups excluding carboxylic acids is 1. The number of aromatic nitrogens is 1. The molecule has 148 valence electrons. The van der Waals surface area contributed by atoms with E-state index in [1.165, 1.54) is 30.5 Å². The first-order valence-electron chi connectivity index (χ1n) is 8.59. The van der Waals surface area contributed by atoms with E-state index < -0.39 is 23.5 Å². The predicted molar refractivity (Wildman–Crippen MR) is 104 cm³/mol. The molecule has 1 aromatic heterocycles. The van der Waals surface area contributed by atoms with Gasteiger partial charge in [0.1, 0.15) is 0 Å². The van der Waals surface area contributed by atoms with Crippen LogP contribution in [0.25, 0.3) is 5.69 Å². The van der Waals surface area contributed by atoms with E-state index in [9.17, 15) is 23.5 Å². The summed E-state index contributed by atoms with van der Waals surface area (Å²) < 4.78 is 27.9. The predicted octanol–water partition coefficient (Wildman–Crippen LogP) is 3.83. The summed E-state index contributed by atoms with van der Waals surface area (Å²) in [6.07, 6.45) is 1.17. The molecule has 0 aliphatic carbocycles. The number of halogens is 2. The van der Waals surface area contributed by atoms with Crippen LogP contribution in [0, 0.1) is 25.5 Å². The normalized spacial score (nSPS) is 11.0. The number of carboxylic acids is 1. The minimum absolute atomic E-state index is 0.0502. The Hall–Kier alpha value is -3.81. The van der Waals surface area contributed by atoms with E-state index in [4.69, 9.17) is 0 Å². The molecule has 6 nitrogen and oxygen atoms in total. The molecule has 0 saturated heterocycles. The summed E-state index contributed by atoms with van der Waals surface area (Å²) in [5, 5.41) is 13.2. The van der Waals surface area contributed by atoms with Crippen LogP contribution in [0.4, 0.5) is 8.78 Å².